The molecular formula is C25H26FN7O3. The van der Waals surface area contributed by atoms with Gasteiger partial charge in [0, 0.05) is 49.8 Å². The molecule has 1 atom stereocenters. The highest BCUT2D eigenvalue weighted by Crippen LogP contribution is 2.24. The largest absolute Gasteiger partial charge is 0.495 e. The smallest absolute Gasteiger partial charge is 0.252 e. The van der Waals surface area contributed by atoms with Gasteiger partial charge in [0.05, 0.1) is 42.1 Å². The lowest BCUT2D eigenvalue weighted by Gasteiger charge is -2.23. The minimum absolute atomic E-state index is 0.137. The molecule has 4 heterocycles. The molecule has 1 fully saturated rings. The number of ether oxygens (including phenoxy) is 2. The number of aromatic nitrogens is 5. The van der Waals surface area contributed by atoms with Crippen LogP contribution >= 0.6 is 0 Å². The number of aryl methyl sites for hydroxylation is 1. The van der Waals surface area contributed by atoms with Crippen LogP contribution in [0.5, 0.6) is 5.75 Å². The Morgan fingerprint density at radius 3 is 2.72 bits per heavy atom. The van der Waals surface area contributed by atoms with Crippen molar-refractivity contribution in [3.63, 3.8) is 0 Å². The molecule has 4 aromatic rings. The lowest BCUT2D eigenvalue weighted by atomic mass is 10.1. The van der Waals surface area contributed by atoms with E-state index >= 15 is 0 Å². The molecule has 36 heavy (non-hydrogen) atoms. The average Bonchev–Trinajstić information content (AvgIpc) is 3.33. The standard InChI is InChI=1S/C25H26FN7O3/c1-33-14-16(11-29-33)23(21-4-3-18(35-2)12-27-21)32-24(34)15-9-20(26)19-13-28-25(31-22(19)10-15)30-17-5-7-36-8-6-17/h3-4,9-14,17,23H,5-8H2,1-2H3,(H,32,34)(H,28,30,31). The number of methoxy groups -OCH3 is 1. The van der Waals surface area contributed by atoms with Gasteiger partial charge >= 0.3 is 0 Å². The van der Waals surface area contributed by atoms with Gasteiger partial charge in [0.15, 0.2) is 0 Å². The molecule has 1 amide bonds. The lowest BCUT2D eigenvalue weighted by molar-refractivity contribution is 0.0903. The lowest BCUT2D eigenvalue weighted by Crippen LogP contribution is -2.30. The third kappa shape index (κ3) is 5.10. The number of carbonyl (C=O) groups is 1. The molecule has 0 spiro atoms. The Morgan fingerprint density at radius 1 is 1.19 bits per heavy atom. The maximum atomic E-state index is 14.9. The number of carbonyl (C=O) groups excluding carboxylic acids is 1. The minimum atomic E-state index is -0.605. The Bertz CT molecular complexity index is 1370. The number of hydrogen-bond donors (Lipinski definition) is 2. The number of rotatable bonds is 7. The predicted molar refractivity (Wildman–Crippen MR) is 130 cm³/mol. The number of anilines is 1. The minimum Gasteiger partial charge on any atom is -0.495 e. The molecule has 1 saturated heterocycles. The maximum Gasteiger partial charge on any atom is 0.252 e. The fourth-order valence-electron chi connectivity index (χ4n) is 4.13. The van der Waals surface area contributed by atoms with E-state index in [1.165, 1.54) is 12.3 Å². The van der Waals surface area contributed by atoms with Crippen molar-refractivity contribution < 1.29 is 18.7 Å². The molecule has 0 saturated carbocycles. The molecule has 186 valence electrons. The van der Waals surface area contributed by atoms with Crippen LogP contribution in [0.25, 0.3) is 10.9 Å². The number of nitrogens with one attached hydrogen (secondary N) is 2. The molecule has 0 bridgehead atoms. The SMILES string of the molecule is COc1ccc(C(NC(=O)c2cc(F)c3cnc(NC4CCOCC4)nc3c2)c2cnn(C)c2)nc1. The molecule has 1 aromatic carbocycles. The third-order valence-electron chi connectivity index (χ3n) is 6.09. The molecule has 10 nitrogen and oxygen atoms in total. The van der Waals surface area contributed by atoms with Crippen LogP contribution in [-0.4, -0.2) is 57.0 Å². The Morgan fingerprint density at radius 2 is 2.03 bits per heavy atom. The van der Waals surface area contributed by atoms with E-state index in [-0.39, 0.29) is 17.0 Å². The van der Waals surface area contributed by atoms with Crippen LogP contribution in [0.3, 0.4) is 0 Å². The van der Waals surface area contributed by atoms with Gasteiger partial charge in [-0.3, -0.25) is 14.5 Å². The molecule has 0 radical (unpaired) electrons. The molecule has 1 unspecified atom stereocenters. The number of fused-ring (bicyclic) bond motifs is 1. The highest BCUT2D eigenvalue weighted by molar-refractivity contribution is 5.98. The van der Waals surface area contributed by atoms with Crippen LogP contribution in [0, 0.1) is 5.82 Å². The van der Waals surface area contributed by atoms with Crippen molar-refractivity contribution in [3.05, 3.63) is 71.7 Å². The average molecular weight is 492 g/mol. The number of halogens is 1. The molecule has 1 aliphatic rings. The summed E-state index contributed by atoms with van der Waals surface area (Å²) in [5.41, 5.74) is 1.79. The fraction of sp³-hybridized carbons (Fsp3) is 0.320. The van der Waals surface area contributed by atoms with Crippen LogP contribution in [0.4, 0.5) is 10.3 Å². The zero-order valence-electron chi connectivity index (χ0n) is 19.9. The van der Waals surface area contributed by atoms with Crippen molar-refractivity contribution in [2.75, 3.05) is 25.6 Å². The van der Waals surface area contributed by atoms with Gasteiger partial charge in [-0.05, 0) is 37.1 Å². The number of benzene rings is 1. The van der Waals surface area contributed by atoms with Gasteiger partial charge < -0.3 is 20.1 Å². The highest BCUT2D eigenvalue weighted by atomic mass is 19.1. The molecule has 5 rings (SSSR count). The van der Waals surface area contributed by atoms with Crippen LogP contribution in [0.1, 0.15) is 40.5 Å². The number of hydrogen-bond acceptors (Lipinski definition) is 8. The van der Waals surface area contributed by atoms with E-state index in [2.05, 4.69) is 30.7 Å². The Labute approximate surface area is 206 Å². The van der Waals surface area contributed by atoms with Gasteiger partial charge in [-0.15, -0.1) is 0 Å². The molecule has 1 aliphatic heterocycles. The molecule has 2 N–H and O–H groups in total. The van der Waals surface area contributed by atoms with E-state index < -0.39 is 17.8 Å². The van der Waals surface area contributed by atoms with Crippen molar-refractivity contribution in [1.82, 2.24) is 30.0 Å². The third-order valence-corrected chi connectivity index (χ3v) is 6.09. The second kappa shape index (κ2) is 10.2. The summed E-state index contributed by atoms with van der Waals surface area (Å²) in [6.07, 6.45) is 8.13. The van der Waals surface area contributed by atoms with Crippen molar-refractivity contribution in [1.29, 1.82) is 0 Å². The topological polar surface area (TPSA) is 116 Å². The van der Waals surface area contributed by atoms with E-state index in [0.29, 0.717) is 36.1 Å². The number of nitrogens with zero attached hydrogens (tertiary/aromatic N) is 5. The van der Waals surface area contributed by atoms with Crippen LogP contribution in [0.2, 0.25) is 0 Å². The van der Waals surface area contributed by atoms with Gasteiger partial charge in [0.25, 0.3) is 5.91 Å². The van der Waals surface area contributed by atoms with Crippen molar-refractivity contribution in [2.24, 2.45) is 7.05 Å². The summed E-state index contributed by atoms with van der Waals surface area (Å²) in [5.74, 6) is -0.0610. The highest BCUT2D eigenvalue weighted by Gasteiger charge is 2.22. The summed E-state index contributed by atoms with van der Waals surface area (Å²) in [5, 5.41) is 10.7. The maximum absolute atomic E-state index is 14.9. The second-order valence-corrected chi connectivity index (χ2v) is 8.59. The van der Waals surface area contributed by atoms with Crippen molar-refractivity contribution in [2.45, 2.75) is 24.9 Å². The van der Waals surface area contributed by atoms with Gasteiger partial charge in [0.2, 0.25) is 5.95 Å². The summed E-state index contributed by atoms with van der Waals surface area (Å²) in [7, 11) is 3.34. The number of pyridine rings is 1. The first-order valence-corrected chi connectivity index (χ1v) is 11.6. The number of amides is 1. The fourth-order valence-corrected chi connectivity index (χ4v) is 4.13. The summed E-state index contributed by atoms with van der Waals surface area (Å²) >= 11 is 0. The van der Waals surface area contributed by atoms with Crippen LogP contribution < -0.4 is 15.4 Å². The van der Waals surface area contributed by atoms with E-state index in [9.17, 15) is 9.18 Å². The quantitative estimate of drug-likeness (QED) is 0.405. The molecular weight excluding hydrogens is 465 g/mol. The Hall–Kier alpha value is -4.12. The Kier molecular flexibility index (Phi) is 6.72. The summed E-state index contributed by atoms with van der Waals surface area (Å²) in [4.78, 5) is 26.4. The predicted octanol–water partition coefficient (Wildman–Crippen LogP) is 3.02. The van der Waals surface area contributed by atoms with E-state index in [1.807, 2.05) is 0 Å². The van der Waals surface area contributed by atoms with Crippen LogP contribution in [-0.2, 0) is 11.8 Å². The molecule has 11 heteroatoms. The summed E-state index contributed by atoms with van der Waals surface area (Å²) in [6.45, 7) is 1.34. The zero-order valence-corrected chi connectivity index (χ0v) is 19.9. The van der Waals surface area contributed by atoms with Gasteiger partial charge in [-0.25, -0.2) is 14.4 Å². The van der Waals surface area contributed by atoms with Crippen LogP contribution in [0.15, 0.2) is 49.1 Å². The second-order valence-electron chi connectivity index (χ2n) is 8.59. The molecule has 3 aromatic heterocycles. The monoisotopic (exact) mass is 491 g/mol. The first-order chi connectivity index (χ1) is 17.5. The van der Waals surface area contributed by atoms with Crippen molar-refractivity contribution >= 4 is 22.8 Å². The normalized spacial score (nSPS) is 15.0. The van der Waals surface area contributed by atoms with Gasteiger partial charge in [0.1, 0.15) is 11.6 Å². The zero-order chi connectivity index (χ0) is 25.1. The van der Waals surface area contributed by atoms with Gasteiger partial charge in [-0.1, -0.05) is 0 Å². The van der Waals surface area contributed by atoms with Gasteiger partial charge in [-0.2, -0.15) is 5.10 Å². The van der Waals surface area contributed by atoms with E-state index in [4.69, 9.17) is 9.47 Å². The first-order valence-electron chi connectivity index (χ1n) is 11.6. The first kappa shape index (κ1) is 23.6. The van der Waals surface area contributed by atoms with E-state index in [0.717, 1.165) is 18.4 Å². The van der Waals surface area contributed by atoms with E-state index in [1.54, 1.807) is 55.6 Å². The summed E-state index contributed by atoms with van der Waals surface area (Å²) < 4.78 is 27.1. The Balaban J connectivity index is 1.43. The molecule has 0 aliphatic carbocycles. The van der Waals surface area contributed by atoms with Crippen molar-refractivity contribution in [3.8, 4) is 5.75 Å². The summed E-state index contributed by atoms with van der Waals surface area (Å²) in [6, 6.07) is 5.86.